The van der Waals surface area contributed by atoms with Crippen molar-refractivity contribution in [2.75, 3.05) is 6.23 Å². The van der Waals surface area contributed by atoms with Crippen molar-refractivity contribution >= 4 is 37.2 Å². The van der Waals surface area contributed by atoms with E-state index < -0.39 is 20.3 Å². The number of rotatable bonds is 5. The Balaban J connectivity index is 1.85. The average molecular weight is 451 g/mol. The topological polar surface area (TPSA) is 44.8 Å². The maximum absolute atomic E-state index is 12.3. The van der Waals surface area contributed by atoms with Crippen LogP contribution in [-0.2, 0) is 19.0 Å². The van der Waals surface area contributed by atoms with Crippen LogP contribution in [0, 0.1) is 0 Å². The number of hydrogen-bond acceptors (Lipinski definition) is 4. The van der Waals surface area contributed by atoms with E-state index in [0.717, 1.165) is 11.1 Å². The van der Waals surface area contributed by atoms with Crippen molar-refractivity contribution in [1.29, 1.82) is 0 Å². The summed E-state index contributed by atoms with van der Waals surface area (Å²) in [5.41, 5.74) is 1.68. The standard InChI is InChI=1S/C22H24Cl2O4Si/c1-29(2,3)14-26-21(25)13-19-12-20(15-6-4-8-17(23)10-15)28-22(27-19)16-7-5-9-18(24)11-16/h4-11,13,20,22H,12,14H2,1-3H3/b19-13+/t20-,22-/m0/s1. The molecule has 0 unspecified atom stereocenters. The van der Waals surface area contributed by atoms with E-state index >= 15 is 0 Å². The molecule has 3 rings (SSSR count). The van der Waals surface area contributed by atoms with E-state index in [0.29, 0.717) is 28.5 Å². The van der Waals surface area contributed by atoms with Crippen LogP contribution in [-0.4, -0.2) is 20.3 Å². The molecule has 0 aromatic heterocycles. The van der Waals surface area contributed by atoms with E-state index in [1.807, 2.05) is 36.4 Å². The number of ether oxygens (including phenoxy) is 3. The average Bonchev–Trinajstić information content (AvgIpc) is 2.66. The molecule has 7 heteroatoms. The summed E-state index contributed by atoms with van der Waals surface area (Å²) in [6.07, 6.45) is 1.27. The predicted octanol–water partition coefficient (Wildman–Crippen LogP) is 6.47. The van der Waals surface area contributed by atoms with Gasteiger partial charge in [0.05, 0.1) is 26.5 Å². The van der Waals surface area contributed by atoms with E-state index in [9.17, 15) is 4.79 Å². The monoisotopic (exact) mass is 450 g/mol. The van der Waals surface area contributed by atoms with Gasteiger partial charge in [0.1, 0.15) is 5.76 Å². The largest absolute Gasteiger partial charge is 0.466 e. The van der Waals surface area contributed by atoms with Gasteiger partial charge in [0.2, 0.25) is 6.29 Å². The Morgan fingerprint density at radius 2 is 1.72 bits per heavy atom. The number of esters is 1. The van der Waals surface area contributed by atoms with Gasteiger partial charge in [-0.05, 0) is 29.8 Å². The third-order valence-electron chi connectivity index (χ3n) is 4.20. The Morgan fingerprint density at radius 1 is 1.10 bits per heavy atom. The molecule has 1 saturated heterocycles. The van der Waals surface area contributed by atoms with Crippen molar-refractivity contribution in [2.24, 2.45) is 0 Å². The summed E-state index contributed by atoms with van der Waals surface area (Å²) in [6, 6.07) is 14.8. The van der Waals surface area contributed by atoms with Crippen LogP contribution < -0.4 is 0 Å². The summed E-state index contributed by atoms with van der Waals surface area (Å²) in [5.74, 6) is 0.103. The van der Waals surface area contributed by atoms with Crippen LogP contribution >= 0.6 is 23.2 Å². The summed E-state index contributed by atoms with van der Waals surface area (Å²) in [6.45, 7) is 6.42. The highest BCUT2D eigenvalue weighted by Gasteiger charge is 2.30. The van der Waals surface area contributed by atoms with Gasteiger partial charge in [-0.2, -0.15) is 0 Å². The van der Waals surface area contributed by atoms with Gasteiger partial charge >= 0.3 is 5.97 Å². The quantitative estimate of drug-likeness (QED) is 0.297. The molecule has 1 fully saturated rings. The van der Waals surface area contributed by atoms with Gasteiger partial charge in [-0.25, -0.2) is 4.79 Å². The molecule has 1 heterocycles. The van der Waals surface area contributed by atoms with Gasteiger partial charge in [0.15, 0.2) is 0 Å². The van der Waals surface area contributed by atoms with Gasteiger partial charge < -0.3 is 14.2 Å². The molecule has 0 aliphatic carbocycles. The first-order valence-corrected chi connectivity index (χ1v) is 13.9. The lowest BCUT2D eigenvalue weighted by molar-refractivity contribution is -0.191. The van der Waals surface area contributed by atoms with Crippen molar-refractivity contribution < 1.29 is 19.0 Å². The zero-order valence-corrected chi connectivity index (χ0v) is 19.2. The predicted molar refractivity (Wildman–Crippen MR) is 118 cm³/mol. The Morgan fingerprint density at radius 3 is 2.34 bits per heavy atom. The molecule has 2 aromatic rings. The summed E-state index contributed by atoms with van der Waals surface area (Å²) in [5, 5.41) is 1.21. The summed E-state index contributed by atoms with van der Waals surface area (Å²) < 4.78 is 17.6. The molecule has 0 bridgehead atoms. The summed E-state index contributed by atoms with van der Waals surface area (Å²) in [7, 11) is -1.50. The number of benzene rings is 2. The van der Waals surface area contributed by atoms with Gasteiger partial charge in [-0.3, -0.25) is 0 Å². The van der Waals surface area contributed by atoms with E-state index in [1.165, 1.54) is 6.08 Å². The fourth-order valence-electron chi connectivity index (χ4n) is 2.85. The Labute approximate surface area is 182 Å². The van der Waals surface area contributed by atoms with E-state index in [4.69, 9.17) is 37.4 Å². The normalized spacial score (nSPS) is 20.9. The Bertz CT molecular complexity index is 852. The minimum atomic E-state index is -1.50. The molecule has 0 spiro atoms. The molecule has 0 radical (unpaired) electrons. The first-order valence-electron chi connectivity index (χ1n) is 9.40. The van der Waals surface area contributed by atoms with Crippen molar-refractivity contribution in [3.05, 3.63) is 81.5 Å². The lowest BCUT2D eigenvalue weighted by atomic mass is 10.0. The molecular formula is C22H24Cl2O4Si. The second-order valence-corrected chi connectivity index (χ2v) is 14.5. The van der Waals surface area contributed by atoms with Gasteiger partial charge in [-0.1, -0.05) is 67.1 Å². The van der Waals surface area contributed by atoms with Crippen LogP contribution in [0.1, 0.15) is 29.9 Å². The van der Waals surface area contributed by atoms with Crippen molar-refractivity contribution in [1.82, 2.24) is 0 Å². The van der Waals surface area contributed by atoms with Crippen LogP contribution in [0.15, 0.2) is 60.4 Å². The third-order valence-corrected chi connectivity index (χ3v) is 5.68. The van der Waals surface area contributed by atoms with Gasteiger partial charge in [0.25, 0.3) is 0 Å². The fourth-order valence-corrected chi connectivity index (χ4v) is 3.82. The van der Waals surface area contributed by atoms with Crippen LogP contribution in [0.4, 0.5) is 0 Å². The van der Waals surface area contributed by atoms with Crippen LogP contribution in [0.3, 0.4) is 0 Å². The smallest absolute Gasteiger partial charge is 0.333 e. The summed E-state index contributed by atoms with van der Waals surface area (Å²) in [4.78, 5) is 12.3. The lowest BCUT2D eigenvalue weighted by Gasteiger charge is -2.33. The lowest BCUT2D eigenvalue weighted by Crippen LogP contribution is -2.29. The van der Waals surface area contributed by atoms with Crippen LogP contribution in [0.25, 0.3) is 0 Å². The molecule has 0 N–H and O–H groups in total. The van der Waals surface area contributed by atoms with Crippen molar-refractivity contribution in [3.63, 3.8) is 0 Å². The molecule has 2 aromatic carbocycles. The second-order valence-electron chi connectivity index (χ2n) is 8.17. The molecule has 0 amide bonds. The highest BCUT2D eigenvalue weighted by Crippen LogP contribution is 2.40. The van der Waals surface area contributed by atoms with Crippen LogP contribution in [0.2, 0.25) is 29.7 Å². The number of halogens is 2. The van der Waals surface area contributed by atoms with Crippen molar-refractivity contribution in [3.8, 4) is 0 Å². The maximum Gasteiger partial charge on any atom is 0.333 e. The summed E-state index contributed by atoms with van der Waals surface area (Å²) >= 11 is 12.3. The minimum Gasteiger partial charge on any atom is -0.466 e. The zero-order valence-electron chi connectivity index (χ0n) is 16.7. The second kappa shape index (κ2) is 9.35. The van der Waals surface area contributed by atoms with Gasteiger partial charge in [0, 0.05) is 22.0 Å². The highest BCUT2D eigenvalue weighted by molar-refractivity contribution is 6.76. The first-order chi connectivity index (χ1) is 13.7. The Kier molecular flexibility index (Phi) is 7.06. The Hall–Kier alpha value is -1.79. The van der Waals surface area contributed by atoms with E-state index in [-0.39, 0.29) is 6.10 Å². The van der Waals surface area contributed by atoms with Crippen LogP contribution in [0.5, 0.6) is 0 Å². The van der Waals surface area contributed by atoms with E-state index in [2.05, 4.69) is 19.6 Å². The molecule has 1 aliphatic heterocycles. The highest BCUT2D eigenvalue weighted by atomic mass is 35.5. The fraction of sp³-hybridized carbons (Fsp3) is 0.318. The van der Waals surface area contributed by atoms with Crippen molar-refractivity contribution in [2.45, 2.75) is 38.5 Å². The number of carbonyl (C=O) groups is 1. The molecule has 4 nitrogen and oxygen atoms in total. The number of carbonyl (C=O) groups excluding carboxylic acids is 1. The first kappa shape index (κ1) is 21.9. The third kappa shape index (κ3) is 6.61. The zero-order chi connectivity index (χ0) is 21.0. The van der Waals surface area contributed by atoms with Gasteiger partial charge in [-0.15, -0.1) is 0 Å². The number of hydrogen-bond donors (Lipinski definition) is 0. The molecular weight excluding hydrogens is 427 g/mol. The minimum absolute atomic E-state index is 0.317. The molecule has 29 heavy (non-hydrogen) atoms. The molecule has 2 atom stereocenters. The maximum atomic E-state index is 12.3. The molecule has 154 valence electrons. The van der Waals surface area contributed by atoms with E-state index in [1.54, 1.807) is 12.1 Å². The molecule has 0 saturated carbocycles. The SMILES string of the molecule is C[Si](C)(C)COC(=O)/C=C1\C[C@@H](c2cccc(Cl)c2)O[C@@H](c2cccc(Cl)c2)O1. The molecule has 1 aliphatic rings.